The minimum atomic E-state index is -0.305. The van der Waals surface area contributed by atoms with E-state index in [1.165, 1.54) is 6.08 Å². The molecule has 0 saturated carbocycles. The van der Waals surface area contributed by atoms with E-state index in [-0.39, 0.29) is 12.0 Å². The van der Waals surface area contributed by atoms with Crippen LogP contribution >= 0.6 is 23.6 Å². The predicted molar refractivity (Wildman–Crippen MR) is 94.3 cm³/mol. The van der Waals surface area contributed by atoms with Crippen LogP contribution in [0.2, 0.25) is 0 Å². The van der Waals surface area contributed by atoms with Crippen molar-refractivity contribution in [3.05, 3.63) is 28.5 Å². The van der Waals surface area contributed by atoms with Gasteiger partial charge in [0.15, 0.2) is 5.11 Å². The van der Waals surface area contributed by atoms with E-state index in [2.05, 4.69) is 5.32 Å². The topological polar surface area (TPSA) is 61.9 Å². The Bertz CT molecular complexity index is 579. The molecule has 1 aromatic rings. The largest absolute Gasteiger partial charge is 0.450 e. The lowest BCUT2D eigenvalue weighted by Gasteiger charge is -2.35. The lowest BCUT2D eigenvalue weighted by Crippen LogP contribution is -2.53. The quantitative estimate of drug-likeness (QED) is 0.665. The van der Waals surface area contributed by atoms with Gasteiger partial charge in [0.05, 0.1) is 6.61 Å². The van der Waals surface area contributed by atoms with Crippen molar-refractivity contribution in [2.45, 2.75) is 6.92 Å². The Balaban J connectivity index is 1.76. The first-order chi connectivity index (χ1) is 11.1. The van der Waals surface area contributed by atoms with Gasteiger partial charge in [-0.1, -0.05) is 6.07 Å². The van der Waals surface area contributed by atoms with Crippen molar-refractivity contribution in [3.63, 3.8) is 0 Å². The first kappa shape index (κ1) is 17.4. The van der Waals surface area contributed by atoms with E-state index < -0.39 is 0 Å². The summed E-state index contributed by atoms with van der Waals surface area (Å²) in [5.41, 5.74) is 0. The number of carbonyl (C=O) groups excluding carboxylic acids is 2. The van der Waals surface area contributed by atoms with E-state index in [0.29, 0.717) is 37.9 Å². The summed E-state index contributed by atoms with van der Waals surface area (Å²) in [5.74, 6) is -0.253. The van der Waals surface area contributed by atoms with Gasteiger partial charge in [0, 0.05) is 37.1 Å². The molecule has 2 rings (SSSR count). The zero-order chi connectivity index (χ0) is 16.7. The summed E-state index contributed by atoms with van der Waals surface area (Å²) in [6, 6.07) is 3.86. The van der Waals surface area contributed by atoms with Crippen LogP contribution in [0.5, 0.6) is 0 Å². The molecule has 1 N–H and O–H groups in total. The average Bonchev–Trinajstić information content (AvgIpc) is 3.07. The molecule has 0 aliphatic carbocycles. The minimum Gasteiger partial charge on any atom is -0.450 e. The predicted octanol–water partition coefficient (Wildman–Crippen LogP) is 1.94. The van der Waals surface area contributed by atoms with Gasteiger partial charge in [0.25, 0.3) is 0 Å². The van der Waals surface area contributed by atoms with Crippen molar-refractivity contribution < 1.29 is 14.3 Å². The molecule has 0 atom stereocenters. The average molecular weight is 353 g/mol. The number of rotatable bonds is 3. The molecule has 0 radical (unpaired) electrons. The van der Waals surface area contributed by atoms with Gasteiger partial charge in [-0.2, -0.15) is 0 Å². The molecule has 2 amide bonds. The summed E-state index contributed by atoms with van der Waals surface area (Å²) in [6.45, 7) is 4.35. The maximum atomic E-state index is 11.9. The summed E-state index contributed by atoms with van der Waals surface area (Å²) < 4.78 is 4.97. The number of ether oxygens (including phenoxy) is 1. The zero-order valence-electron chi connectivity index (χ0n) is 12.9. The van der Waals surface area contributed by atoms with Crippen LogP contribution in [-0.4, -0.2) is 59.7 Å². The van der Waals surface area contributed by atoms with Crippen molar-refractivity contribution in [2.24, 2.45) is 0 Å². The molecular weight excluding hydrogens is 334 g/mol. The van der Waals surface area contributed by atoms with Gasteiger partial charge in [0.1, 0.15) is 0 Å². The summed E-state index contributed by atoms with van der Waals surface area (Å²) in [7, 11) is 0. The van der Waals surface area contributed by atoms with E-state index >= 15 is 0 Å². The molecule has 0 aromatic carbocycles. The fourth-order valence-corrected chi connectivity index (χ4v) is 2.98. The van der Waals surface area contributed by atoms with Crippen LogP contribution in [0.3, 0.4) is 0 Å². The normalized spacial score (nSPS) is 14.8. The number of amides is 2. The highest BCUT2D eigenvalue weighted by Crippen LogP contribution is 2.10. The highest BCUT2D eigenvalue weighted by molar-refractivity contribution is 7.80. The Labute approximate surface area is 144 Å². The monoisotopic (exact) mass is 353 g/mol. The molecule has 124 valence electrons. The van der Waals surface area contributed by atoms with Crippen LogP contribution in [0, 0.1) is 0 Å². The lowest BCUT2D eigenvalue weighted by atomic mass is 10.3. The van der Waals surface area contributed by atoms with Gasteiger partial charge in [0.2, 0.25) is 5.91 Å². The summed E-state index contributed by atoms with van der Waals surface area (Å²) in [5, 5.41) is 5.02. The molecule has 23 heavy (non-hydrogen) atoms. The van der Waals surface area contributed by atoms with E-state index in [1.807, 2.05) is 22.4 Å². The molecule has 2 heterocycles. The van der Waals surface area contributed by atoms with Crippen LogP contribution in [0.25, 0.3) is 6.08 Å². The van der Waals surface area contributed by atoms with Crippen LogP contribution < -0.4 is 5.32 Å². The van der Waals surface area contributed by atoms with Crippen molar-refractivity contribution >= 4 is 46.7 Å². The van der Waals surface area contributed by atoms with Crippen LogP contribution in [-0.2, 0) is 9.53 Å². The SMILES string of the molecule is CCOC(=O)N1CCN(C(=S)NC(=O)C=Cc2cccs2)CC1. The second-order valence-electron chi connectivity index (χ2n) is 4.82. The molecular formula is C15H19N3O3S2. The molecule has 1 fully saturated rings. The third kappa shape index (κ3) is 5.33. The third-order valence-corrected chi connectivity index (χ3v) is 4.46. The molecule has 6 nitrogen and oxygen atoms in total. The van der Waals surface area contributed by atoms with Crippen molar-refractivity contribution in [1.82, 2.24) is 15.1 Å². The molecule has 0 unspecified atom stereocenters. The van der Waals surface area contributed by atoms with Crippen LogP contribution in [0.15, 0.2) is 23.6 Å². The number of nitrogens with one attached hydrogen (secondary N) is 1. The van der Waals surface area contributed by atoms with E-state index in [1.54, 1.807) is 29.2 Å². The van der Waals surface area contributed by atoms with Crippen LogP contribution in [0.1, 0.15) is 11.8 Å². The maximum Gasteiger partial charge on any atom is 0.409 e. The number of thiocarbonyl (C=S) groups is 1. The highest BCUT2D eigenvalue weighted by Gasteiger charge is 2.23. The zero-order valence-corrected chi connectivity index (χ0v) is 14.5. The Kier molecular flexibility index (Phi) is 6.54. The van der Waals surface area contributed by atoms with Gasteiger partial charge < -0.3 is 14.5 Å². The van der Waals surface area contributed by atoms with Gasteiger partial charge in [-0.05, 0) is 36.7 Å². The van der Waals surface area contributed by atoms with Gasteiger partial charge in [-0.25, -0.2) is 4.79 Å². The molecule has 0 bridgehead atoms. The summed E-state index contributed by atoms with van der Waals surface area (Å²) >= 11 is 6.81. The fraction of sp³-hybridized carbons (Fsp3) is 0.400. The molecule has 1 aliphatic rings. The van der Waals surface area contributed by atoms with Crippen LogP contribution in [0.4, 0.5) is 4.79 Å². The number of thiophene rings is 1. The Morgan fingerprint density at radius 1 is 1.35 bits per heavy atom. The van der Waals surface area contributed by atoms with E-state index in [0.717, 1.165) is 4.88 Å². The third-order valence-electron chi connectivity index (χ3n) is 3.27. The van der Waals surface area contributed by atoms with Gasteiger partial charge in [-0.15, -0.1) is 11.3 Å². The number of hydrogen-bond acceptors (Lipinski definition) is 5. The summed E-state index contributed by atoms with van der Waals surface area (Å²) in [4.78, 5) is 28.0. The number of carbonyl (C=O) groups is 2. The van der Waals surface area contributed by atoms with Crippen molar-refractivity contribution in [1.29, 1.82) is 0 Å². The number of piperazine rings is 1. The first-order valence-corrected chi connectivity index (χ1v) is 8.62. The Morgan fingerprint density at radius 3 is 2.65 bits per heavy atom. The van der Waals surface area contributed by atoms with Gasteiger partial charge in [-0.3, -0.25) is 10.1 Å². The Hall–Kier alpha value is -1.93. The second-order valence-corrected chi connectivity index (χ2v) is 6.18. The molecule has 1 saturated heterocycles. The number of nitrogens with zero attached hydrogens (tertiary/aromatic N) is 2. The van der Waals surface area contributed by atoms with E-state index in [9.17, 15) is 9.59 Å². The number of hydrogen-bond donors (Lipinski definition) is 1. The molecule has 0 spiro atoms. The first-order valence-electron chi connectivity index (χ1n) is 7.33. The van der Waals surface area contributed by atoms with Crippen molar-refractivity contribution in [3.8, 4) is 0 Å². The Morgan fingerprint density at radius 2 is 2.04 bits per heavy atom. The van der Waals surface area contributed by atoms with Gasteiger partial charge >= 0.3 is 6.09 Å². The summed E-state index contributed by atoms with van der Waals surface area (Å²) in [6.07, 6.45) is 2.91. The lowest BCUT2D eigenvalue weighted by molar-refractivity contribution is -0.115. The minimum absolute atomic E-state index is 0.253. The van der Waals surface area contributed by atoms with Crippen molar-refractivity contribution in [2.75, 3.05) is 32.8 Å². The second kappa shape index (κ2) is 8.64. The fourth-order valence-electron chi connectivity index (χ4n) is 2.08. The maximum absolute atomic E-state index is 11.9. The standard InChI is InChI=1S/C15H19N3O3S2/c1-2-21-15(20)18-9-7-17(8-10-18)14(22)16-13(19)6-5-12-4-3-11-23-12/h3-6,11H,2,7-10H2,1H3,(H,16,19,22). The smallest absolute Gasteiger partial charge is 0.409 e. The highest BCUT2D eigenvalue weighted by atomic mass is 32.1. The van der Waals surface area contributed by atoms with E-state index in [4.69, 9.17) is 17.0 Å². The molecule has 1 aromatic heterocycles. The molecule has 1 aliphatic heterocycles. The molecule has 8 heteroatoms.